The standard InChI is InChI=1S/C15H28N4S/c1-10(2)7-6-8-11(3)18-15(16)17-9-14-12(4)20-13(5)19-14/h10-11H,6-9H2,1-5H3,(H3,16,17,18). The van der Waals surface area contributed by atoms with Gasteiger partial charge in [0.1, 0.15) is 0 Å². The van der Waals surface area contributed by atoms with E-state index in [2.05, 4.69) is 43.0 Å². The lowest BCUT2D eigenvalue weighted by molar-refractivity contribution is 0.493. The van der Waals surface area contributed by atoms with Gasteiger partial charge in [-0.15, -0.1) is 11.3 Å². The molecule has 0 radical (unpaired) electrons. The topological polar surface area (TPSA) is 63.3 Å². The lowest BCUT2D eigenvalue weighted by Gasteiger charge is -2.14. The van der Waals surface area contributed by atoms with Crippen LogP contribution in [0.25, 0.3) is 0 Å². The molecular weight excluding hydrogens is 268 g/mol. The number of nitrogens with two attached hydrogens (primary N) is 1. The van der Waals surface area contributed by atoms with Crippen LogP contribution in [0.4, 0.5) is 0 Å². The van der Waals surface area contributed by atoms with Crippen LogP contribution in [0, 0.1) is 19.8 Å². The smallest absolute Gasteiger partial charge is 0.189 e. The molecule has 1 rings (SSSR count). The first-order valence-corrected chi connectivity index (χ1v) is 8.19. The molecule has 0 bridgehead atoms. The van der Waals surface area contributed by atoms with Gasteiger partial charge in [-0.1, -0.05) is 26.7 Å². The molecule has 0 aromatic carbocycles. The summed E-state index contributed by atoms with van der Waals surface area (Å²) in [7, 11) is 0. The number of thiazole rings is 1. The minimum absolute atomic E-state index is 0.371. The molecule has 0 saturated heterocycles. The quantitative estimate of drug-likeness (QED) is 0.599. The van der Waals surface area contributed by atoms with Crippen LogP contribution in [0.15, 0.2) is 4.99 Å². The van der Waals surface area contributed by atoms with Crippen molar-refractivity contribution in [2.75, 3.05) is 0 Å². The highest BCUT2D eigenvalue weighted by atomic mass is 32.1. The van der Waals surface area contributed by atoms with Crippen molar-refractivity contribution in [2.45, 2.75) is 66.5 Å². The van der Waals surface area contributed by atoms with E-state index in [0.717, 1.165) is 23.0 Å². The molecule has 0 spiro atoms. The highest BCUT2D eigenvalue weighted by Crippen LogP contribution is 2.16. The summed E-state index contributed by atoms with van der Waals surface area (Å²) >= 11 is 1.71. The fourth-order valence-electron chi connectivity index (χ4n) is 2.08. The maximum atomic E-state index is 5.93. The monoisotopic (exact) mass is 296 g/mol. The van der Waals surface area contributed by atoms with Crippen molar-refractivity contribution < 1.29 is 0 Å². The Morgan fingerprint density at radius 2 is 2.00 bits per heavy atom. The first-order chi connectivity index (χ1) is 9.38. The number of nitrogens with one attached hydrogen (secondary N) is 1. The molecule has 0 amide bonds. The third kappa shape index (κ3) is 6.37. The van der Waals surface area contributed by atoms with Crippen LogP contribution in [0.3, 0.4) is 0 Å². The van der Waals surface area contributed by atoms with Crippen LogP contribution >= 0.6 is 11.3 Å². The Labute approximate surface area is 126 Å². The van der Waals surface area contributed by atoms with Gasteiger partial charge in [0, 0.05) is 10.9 Å². The molecule has 3 N–H and O–H groups in total. The second-order valence-electron chi connectivity index (χ2n) is 5.81. The van der Waals surface area contributed by atoms with Gasteiger partial charge >= 0.3 is 0 Å². The second-order valence-corrected chi connectivity index (χ2v) is 7.21. The van der Waals surface area contributed by atoms with Gasteiger partial charge in [0.2, 0.25) is 0 Å². The van der Waals surface area contributed by atoms with Crippen LogP contribution in [-0.4, -0.2) is 17.0 Å². The zero-order valence-corrected chi connectivity index (χ0v) is 14.2. The second kappa shape index (κ2) is 8.25. The Morgan fingerprint density at radius 1 is 1.30 bits per heavy atom. The maximum absolute atomic E-state index is 5.93. The molecule has 20 heavy (non-hydrogen) atoms. The van der Waals surface area contributed by atoms with Crippen LogP contribution in [0.5, 0.6) is 0 Å². The van der Waals surface area contributed by atoms with Gasteiger partial charge in [0.25, 0.3) is 0 Å². The molecule has 1 aromatic rings. The summed E-state index contributed by atoms with van der Waals surface area (Å²) in [5, 5.41) is 4.34. The summed E-state index contributed by atoms with van der Waals surface area (Å²) in [4.78, 5) is 10.1. The largest absolute Gasteiger partial charge is 0.370 e. The highest BCUT2D eigenvalue weighted by Gasteiger charge is 2.06. The Kier molecular flexibility index (Phi) is 6.99. The molecule has 0 aliphatic heterocycles. The van der Waals surface area contributed by atoms with Crippen molar-refractivity contribution in [3.63, 3.8) is 0 Å². The lowest BCUT2D eigenvalue weighted by Crippen LogP contribution is -2.38. The van der Waals surface area contributed by atoms with Gasteiger partial charge < -0.3 is 11.1 Å². The van der Waals surface area contributed by atoms with Crippen LogP contribution in [0.2, 0.25) is 0 Å². The van der Waals surface area contributed by atoms with E-state index < -0.39 is 0 Å². The molecule has 0 aliphatic rings. The third-order valence-corrected chi connectivity index (χ3v) is 4.14. The number of aromatic nitrogens is 1. The Hall–Kier alpha value is -1.10. The Balaban J connectivity index is 2.36. The average Bonchev–Trinajstić information content (AvgIpc) is 2.64. The minimum Gasteiger partial charge on any atom is -0.370 e. The van der Waals surface area contributed by atoms with Gasteiger partial charge in [-0.2, -0.15) is 0 Å². The molecule has 4 nitrogen and oxygen atoms in total. The van der Waals surface area contributed by atoms with E-state index in [0.29, 0.717) is 18.5 Å². The van der Waals surface area contributed by atoms with E-state index in [9.17, 15) is 0 Å². The van der Waals surface area contributed by atoms with E-state index >= 15 is 0 Å². The summed E-state index contributed by atoms with van der Waals surface area (Å²) in [6.07, 6.45) is 3.62. The molecule has 0 fully saturated rings. The zero-order chi connectivity index (χ0) is 15.1. The van der Waals surface area contributed by atoms with Gasteiger partial charge in [-0.25, -0.2) is 9.98 Å². The number of nitrogens with zero attached hydrogens (tertiary/aromatic N) is 2. The van der Waals surface area contributed by atoms with Crippen molar-refractivity contribution >= 4 is 17.3 Å². The predicted molar refractivity (Wildman–Crippen MR) is 88.2 cm³/mol. The third-order valence-electron chi connectivity index (χ3n) is 3.21. The van der Waals surface area contributed by atoms with Crippen molar-refractivity contribution in [1.29, 1.82) is 0 Å². The van der Waals surface area contributed by atoms with E-state index in [4.69, 9.17) is 5.73 Å². The average molecular weight is 296 g/mol. The van der Waals surface area contributed by atoms with Crippen LogP contribution in [0.1, 0.15) is 55.6 Å². The molecule has 1 heterocycles. The van der Waals surface area contributed by atoms with Gasteiger partial charge in [-0.3, -0.25) is 0 Å². The van der Waals surface area contributed by atoms with Crippen molar-refractivity contribution in [3.05, 3.63) is 15.6 Å². The van der Waals surface area contributed by atoms with Crippen molar-refractivity contribution in [3.8, 4) is 0 Å². The van der Waals surface area contributed by atoms with Crippen molar-refractivity contribution in [2.24, 2.45) is 16.6 Å². The highest BCUT2D eigenvalue weighted by molar-refractivity contribution is 7.11. The summed E-state index contributed by atoms with van der Waals surface area (Å²) in [6, 6.07) is 0.371. The molecule has 1 aromatic heterocycles. The lowest BCUT2D eigenvalue weighted by atomic mass is 10.0. The molecular formula is C15H28N4S. The van der Waals surface area contributed by atoms with Gasteiger partial charge in [0.05, 0.1) is 17.2 Å². The molecule has 1 unspecified atom stereocenters. The number of hydrogen-bond donors (Lipinski definition) is 2. The first-order valence-electron chi connectivity index (χ1n) is 7.37. The fraction of sp³-hybridized carbons (Fsp3) is 0.733. The summed E-state index contributed by atoms with van der Waals surface area (Å²) < 4.78 is 0. The van der Waals surface area contributed by atoms with Crippen LogP contribution < -0.4 is 11.1 Å². The molecule has 0 saturated carbocycles. The Morgan fingerprint density at radius 3 is 2.55 bits per heavy atom. The van der Waals surface area contributed by atoms with Crippen molar-refractivity contribution in [1.82, 2.24) is 10.3 Å². The van der Waals surface area contributed by atoms with Gasteiger partial charge in [0.15, 0.2) is 5.96 Å². The Bertz CT molecular complexity index is 437. The predicted octanol–water partition coefficient (Wildman–Crippen LogP) is 3.38. The molecule has 114 valence electrons. The summed E-state index contributed by atoms with van der Waals surface area (Å²) in [5.74, 6) is 1.29. The SMILES string of the molecule is Cc1nc(CN=C(N)NC(C)CCCC(C)C)c(C)s1. The van der Waals surface area contributed by atoms with E-state index in [1.165, 1.54) is 17.7 Å². The number of hydrogen-bond acceptors (Lipinski definition) is 3. The fourth-order valence-corrected chi connectivity index (χ4v) is 2.91. The van der Waals surface area contributed by atoms with E-state index in [-0.39, 0.29) is 0 Å². The molecule has 1 atom stereocenters. The number of rotatable bonds is 7. The molecule has 5 heteroatoms. The van der Waals surface area contributed by atoms with Gasteiger partial charge in [-0.05, 0) is 33.1 Å². The summed E-state index contributed by atoms with van der Waals surface area (Å²) in [5.41, 5.74) is 6.96. The number of aryl methyl sites for hydroxylation is 2. The van der Waals surface area contributed by atoms with Crippen LogP contribution in [-0.2, 0) is 6.54 Å². The van der Waals surface area contributed by atoms with E-state index in [1.807, 2.05) is 6.92 Å². The number of guanidine groups is 1. The maximum Gasteiger partial charge on any atom is 0.189 e. The first kappa shape index (κ1) is 17.0. The number of aliphatic imine (C=N–C) groups is 1. The summed E-state index contributed by atoms with van der Waals surface area (Å²) in [6.45, 7) is 11.3. The van der Waals surface area contributed by atoms with E-state index in [1.54, 1.807) is 11.3 Å². The molecule has 0 aliphatic carbocycles. The normalized spacial score (nSPS) is 13.8. The zero-order valence-electron chi connectivity index (χ0n) is 13.4. The minimum atomic E-state index is 0.371.